The van der Waals surface area contributed by atoms with Crippen LogP contribution in [0.4, 0.5) is 0 Å². The Morgan fingerprint density at radius 1 is 1.03 bits per heavy atom. The van der Waals surface area contributed by atoms with Gasteiger partial charge in [0.1, 0.15) is 5.69 Å². The van der Waals surface area contributed by atoms with E-state index in [0.29, 0.717) is 12.2 Å². The van der Waals surface area contributed by atoms with Crippen molar-refractivity contribution in [1.82, 2.24) is 20.3 Å². The third-order valence-electron chi connectivity index (χ3n) is 5.05. The number of carbonyl (C=O) groups is 1. The van der Waals surface area contributed by atoms with Crippen LogP contribution in [0, 0.1) is 0 Å². The lowest BCUT2D eigenvalue weighted by molar-refractivity contribution is -0.122. The Labute approximate surface area is 170 Å². The van der Waals surface area contributed by atoms with Crippen LogP contribution in [0.1, 0.15) is 37.0 Å². The highest BCUT2D eigenvalue weighted by Gasteiger charge is 2.31. The van der Waals surface area contributed by atoms with E-state index < -0.39 is 0 Å². The fraction of sp³-hybridized carbons (Fsp3) is 0.304. The molecule has 2 aromatic heterocycles. The number of carbonyl (C=O) groups excluding carboxylic acids is 1. The Bertz CT molecular complexity index is 932. The Balaban J connectivity index is 1.52. The molecular weight excluding hydrogens is 364 g/mol. The van der Waals surface area contributed by atoms with E-state index in [4.69, 9.17) is 4.74 Å². The second-order valence-electron chi connectivity index (χ2n) is 7.36. The lowest BCUT2D eigenvalue weighted by atomic mass is 9.92. The Kier molecular flexibility index (Phi) is 5.91. The topological polar surface area (TPSA) is 77.0 Å². The van der Waals surface area contributed by atoms with Crippen molar-refractivity contribution >= 4 is 5.91 Å². The van der Waals surface area contributed by atoms with Crippen molar-refractivity contribution in [2.24, 2.45) is 0 Å². The molecule has 6 heteroatoms. The molecule has 0 unspecified atom stereocenters. The first-order valence-electron chi connectivity index (χ1n) is 9.87. The van der Waals surface area contributed by atoms with E-state index in [1.807, 2.05) is 36.4 Å². The highest BCUT2D eigenvalue weighted by atomic mass is 16.5. The average molecular weight is 388 g/mol. The molecule has 0 spiro atoms. The molecule has 3 aromatic rings. The summed E-state index contributed by atoms with van der Waals surface area (Å²) in [6, 6.07) is 16.0. The molecule has 4 rings (SSSR count). The molecular formula is C23H24N4O2. The lowest BCUT2D eigenvalue weighted by Gasteiger charge is -2.36. The first-order valence-corrected chi connectivity index (χ1v) is 9.87. The van der Waals surface area contributed by atoms with E-state index in [0.717, 1.165) is 24.1 Å². The van der Waals surface area contributed by atoms with Crippen LogP contribution in [0.25, 0.3) is 11.5 Å². The summed E-state index contributed by atoms with van der Waals surface area (Å²) in [5.41, 5.74) is 2.88. The van der Waals surface area contributed by atoms with Crippen LogP contribution in [0.2, 0.25) is 0 Å². The number of benzene rings is 1. The zero-order valence-electron chi connectivity index (χ0n) is 16.4. The lowest BCUT2D eigenvalue weighted by Crippen LogP contribution is -2.42. The van der Waals surface area contributed by atoms with Crippen LogP contribution in [0.5, 0.6) is 0 Å². The number of rotatable bonds is 5. The number of ether oxygens (including phenoxy) is 1. The highest BCUT2D eigenvalue weighted by Crippen LogP contribution is 2.32. The highest BCUT2D eigenvalue weighted by molar-refractivity contribution is 5.73. The minimum atomic E-state index is -0.160. The van der Waals surface area contributed by atoms with Gasteiger partial charge in [-0.3, -0.25) is 9.78 Å². The third kappa shape index (κ3) is 5.03. The van der Waals surface area contributed by atoms with Gasteiger partial charge in [0, 0.05) is 37.1 Å². The molecule has 6 nitrogen and oxygen atoms in total. The van der Waals surface area contributed by atoms with E-state index in [1.165, 1.54) is 5.56 Å². The number of pyridine rings is 1. The maximum atomic E-state index is 11.6. The number of nitrogens with zero attached hydrogens (tertiary/aromatic N) is 3. The molecule has 29 heavy (non-hydrogen) atoms. The van der Waals surface area contributed by atoms with Gasteiger partial charge in [0.2, 0.25) is 5.91 Å². The maximum absolute atomic E-state index is 11.6. The molecule has 1 fully saturated rings. The molecule has 0 aliphatic carbocycles. The van der Waals surface area contributed by atoms with E-state index >= 15 is 0 Å². The first-order chi connectivity index (χ1) is 14.2. The van der Waals surface area contributed by atoms with Gasteiger partial charge in [-0.05, 0) is 37.0 Å². The monoisotopic (exact) mass is 388 g/mol. The normalized spacial score (nSPS) is 21.5. The fourth-order valence-corrected chi connectivity index (χ4v) is 3.78. The van der Waals surface area contributed by atoms with Crippen molar-refractivity contribution in [2.75, 3.05) is 0 Å². The predicted molar refractivity (Wildman–Crippen MR) is 110 cm³/mol. The zero-order valence-corrected chi connectivity index (χ0v) is 16.4. The van der Waals surface area contributed by atoms with Crippen LogP contribution in [-0.4, -0.2) is 33.0 Å². The van der Waals surface area contributed by atoms with Gasteiger partial charge in [0.05, 0.1) is 12.2 Å². The summed E-state index contributed by atoms with van der Waals surface area (Å²) in [5.74, 6) is 0.570. The molecule has 0 bridgehead atoms. The quantitative estimate of drug-likeness (QED) is 0.724. The van der Waals surface area contributed by atoms with Crippen molar-refractivity contribution < 1.29 is 9.53 Å². The summed E-state index contributed by atoms with van der Waals surface area (Å²) in [4.78, 5) is 24.9. The minimum absolute atomic E-state index is 0.0171. The van der Waals surface area contributed by atoms with Gasteiger partial charge in [0.25, 0.3) is 0 Å². The molecule has 1 saturated heterocycles. The van der Waals surface area contributed by atoms with E-state index in [1.54, 1.807) is 25.5 Å². The molecule has 0 saturated carbocycles. The number of amides is 1. The van der Waals surface area contributed by atoms with Crippen molar-refractivity contribution in [2.45, 2.75) is 44.4 Å². The zero-order chi connectivity index (χ0) is 20.1. The minimum Gasteiger partial charge on any atom is -0.370 e. The molecule has 148 valence electrons. The van der Waals surface area contributed by atoms with Gasteiger partial charge >= 0.3 is 0 Å². The second kappa shape index (κ2) is 8.92. The number of hydrogen-bond acceptors (Lipinski definition) is 5. The van der Waals surface area contributed by atoms with Gasteiger partial charge in [-0.2, -0.15) is 0 Å². The van der Waals surface area contributed by atoms with Crippen LogP contribution in [0.15, 0.2) is 67.1 Å². The van der Waals surface area contributed by atoms with Gasteiger partial charge in [-0.25, -0.2) is 9.97 Å². The van der Waals surface area contributed by atoms with Crippen LogP contribution in [0.3, 0.4) is 0 Å². The predicted octanol–water partition coefficient (Wildman–Crippen LogP) is 3.51. The summed E-state index contributed by atoms with van der Waals surface area (Å²) in [6.45, 7) is 1.56. The molecule has 1 N–H and O–H groups in total. The summed E-state index contributed by atoms with van der Waals surface area (Å²) < 4.78 is 6.39. The summed E-state index contributed by atoms with van der Waals surface area (Å²) in [5, 5.41) is 3.06. The first kappa shape index (κ1) is 19.2. The standard InChI is InChI=1S/C23H24N4O2/c1-16(28)27-19-12-20(11-17-7-3-2-4-8-17)29-22(13-19)18-14-25-23(26-15-18)21-9-5-6-10-24-21/h2-10,14-15,19-20,22H,11-13H2,1H3,(H,27,28)/t19-,20+,22+/m1/s1. The second-order valence-corrected chi connectivity index (χ2v) is 7.36. The molecule has 1 aliphatic rings. The summed E-state index contributed by atoms with van der Waals surface area (Å²) >= 11 is 0. The summed E-state index contributed by atoms with van der Waals surface area (Å²) in [7, 11) is 0. The SMILES string of the molecule is CC(=O)N[C@@H]1C[C@H](Cc2ccccc2)O[C@H](c2cnc(-c3ccccn3)nc2)C1. The number of nitrogens with one attached hydrogen (secondary N) is 1. The molecule has 0 radical (unpaired) electrons. The van der Waals surface area contributed by atoms with Crippen LogP contribution < -0.4 is 5.32 Å². The average Bonchev–Trinajstić information content (AvgIpc) is 2.75. The van der Waals surface area contributed by atoms with Gasteiger partial charge < -0.3 is 10.1 Å². The molecule has 3 heterocycles. The maximum Gasteiger partial charge on any atom is 0.217 e. The van der Waals surface area contributed by atoms with Crippen molar-refractivity contribution in [1.29, 1.82) is 0 Å². The summed E-state index contributed by atoms with van der Waals surface area (Å²) in [6.07, 6.45) is 7.49. The number of hydrogen-bond donors (Lipinski definition) is 1. The van der Waals surface area contributed by atoms with Crippen molar-refractivity contribution in [3.63, 3.8) is 0 Å². The van der Waals surface area contributed by atoms with E-state index in [-0.39, 0.29) is 24.2 Å². The van der Waals surface area contributed by atoms with Gasteiger partial charge in [-0.15, -0.1) is 0 Å². The Morgan fingerprint density at radius 3 is 2.48 bits per heavy atom. The smallest absolute Gasteiger partial charge is 0.217 e. The Hall–Kier alpha value is -3.12. The van der Waals surface area contributed by atoms with Gasteiger partial charge in [-0.1, -0.05) is 36.4 Å². The fourth-order valence-electron chi connectivity index (χ4n) is 3.78. The molecule has 1 aliphatic heterocycles. The molecule has 3 atom stereocenters. The van der Waals surface area contributed by atoms with Crippen molar-refractivity contribution in [3.05, 3.63) is 78.2 Å². The van der Waals surface area contributed by atoms with E-state index in [9.17, 15) is 4.79 Å². The van der Waals surface area contributed by atoms with Crippen LogP contribution >= 0.6 is 0 Å². The van der Waals surface area contributed by atoms with Crippen LogP contribution in [-0.2, 0) is 16.0 Å². The molecule has 1 aromatic carbocycles. The molecule has 1 amide bonds. The number of aromatic nitrogens is 3. The van der Waals surface area contributed by atoms with Crippen molar-refractivity contribution in [3.8, 4) is 11.5 Å². The van der Waals surface area contributed by atoms with Gasteiger partial charge in [0.15, 0.2) is 5.82 Å². The third-order valence-corrected chi connectivity index (χ3v) is 5.05. The Morgan fingerprint density at radius 2 is 1.79 bits per heavy atom. The largest absolute Gasteiger partial charge is 0.370 e. The van der Waals surface area contributed by atoms with E-state index in [2.05, 4.69) is 32.4 Å².